The molecule has 3 rings (SSSR count). The first-order valence-corrected chi connectivity index (χ1v) is 10.0. The zero-order valence-electron chi connectivity index (χ0n) is 12.3. The number of amides is 1. The van der Waals surface area contributed by atoms with Crippen LogP contribution in [0.15, 0.2) is 57.2 Å². The molecule has 2 aromatic carbocycles. The molecule has 0 aliphatic carbocycles. The smallest absolute Gasteiger partial charge is 0.228 e. The Morgan fingerprint density at radius 1 is 1.00 bits per heavy atom. The van der Waals surface area contributed by atoms with E-state index in [0.29, 0.717) is 0 Å². The van der Waals surface area contributed by atoms with Crippen LogP contribution in [0.1, 0.15) is 6.92 Å². The molecule has 0 fully saturated rings. The molecule has 0 aromatic heterocycles. The lowest BCUT2D eigenvalue weighted by Gasteiger charge is -2.30. The monoisotopic (exact) mass is 351 g/mol. The number of benzene rings is 2. The average Bonchev–Trinajstić information content (AvgIpc) is 2.46. The van der Waals surface area contributed by atoms with Crippen molar-refractivity contribution < 1.29 is 21.6 Å². The number of nitrogens with zero attached hydrogens (tertiary/aromatic N) is 1. The molecule has 120 valence electrons. The Morgan fingerprint density at radius 3 is 2.22 bits per heavy atom. The third-order valence-electron chi connectivity index (χ3n) is 3.60. The molecular weight excluding hydrogens is 338 g/mol. The van der Waals surface area contributed by atoms with E-state index in [-0.39, 0.29) is 26.1 Å². The Labute approximate surface area is 134 Å². The molecule has 0 spiro atoms. The van der Waals surface area contributed by atoms with Crippen molar-refractivity contribution in [2.75, 3.05) is 11.2 Å². The van der Waals surface area contributed by atoms with Crippen LogP contribution in [0.25, 0.3) is 0 Å². The minimum Gasteiger partial charge on any atom is -0.279 e. The van der Waals surface area contributed by atoms with Crippen LogP contribution in [-0.2, 0) is 24.5 Å². The second-order valence-corrected chi connectivity index (χ2v) is 9.13. The maximum Gasteiger partial charge on any atom is 0.228 e. The highest BCUT2D eigenvalue weighted by atomic mass is 32.2. The zero-order valence-corrected chi connectivity index (χ0v) is 14.0. The number of carbonyl (C=O) groups excluding carboxylic acids is 1. The van der Waals surface area contributed by atoms with E-state index in [9.17, 15) is 21.6 Å². The van der Waals surface area contributed by atoms with Crippen LogP contribution in [0.3, 0.4) is 0 Å². The summed E-state index contributed by atoms with van der Waals surface area (Å²) < 4.78 is 49.0. The van der Waals surface area contributed by atoms with Gasteiger partial charge in [0.25, 0.3) is 0 Å². The number of fused-ring (bicyclic) bond motifs is 2. The molecule has 0 saturated heterocycles. The fourth-order valence-electron chi connectivity index (χ4n) is 2.59. The van der Waals surface area contributed by atoms with E-state index in [4.69, 9.17) is 0 Å². The van der Waals surface area contributed by atoms with Gasteiger partial charge in [-0.1, -0.05) is 12.1 Å². The van der Waals surface area contributed by atoms with E-state index >= 15 is 0 Å². The van der Waals surface area contributed by atoms with E-state index in [1.54, 1.807) is 12.1 Å². The molecule has 0 radical (unpaired) electrons. The quantitative estimate of drug-likeness (QED) is 0.783. The second-order valence-electron chi connectivity index (χ2n) is 5.23. The molecule has 0 N–H and O–H groups in total. The van der Waals surface area contributed by atoms with Crippen molar-refractivity contribution in [2.24, 2.45) is 0 Å². The highest BCUT2D eigenvalue weighted by Gasteiger charge is 2.36. The molecule has 0 atom stereocenters. The van der Waals surface area contributed by atoms with Crippen LogP contribution in [0, 0.1) is 0 Å². The summed E-state index contributed by atoms with van der Waals surface area (Å²) >= 11 is 0. The summed E-state index contributed by atoms with van der Waals surface area (Å²) in [6.45, 7) is 1.30. The third-order valence-corrected chi connectivity index (χ3v) is 6.56. The van der Waals surface area contributed by atoms with Crippen molar-refractivity contribution in [1.29, 1.82) is 0 Å². The molecule has 8 heteroatoms. The summed E-state index contributed by atoms with van der Waals surface area (Å²) in [5, 5.41) is 0. The first-order valence-electron chi connectivity index (χ1n) is 6.63. The molecule has 0 saturated carbocycles. The molecule has 1 heterocycles. The largest absolute Gasteiger partial charge is 0.279 e. The zero-order chi connectivity index (χ0) is 17.0. The van der Waals surface area contributed by atoms with Crippen LogP contribution in [-0.4, -0.2) is 29.0 Å². The van der Waals surface area contributed by atoms with Gasteiger partial charge in [0, 0.05) is 13.2 Å². The summed E-state index contributed by atoms with van der Waals surface area (Å²) in [7, 11) is -7.35. The van der Waals surface area contributed by atoms with Crippen molar-refractivity contribution in [3.05, 3.63) is 42.5 Å². The average molecular weight is 351 g/mol. The van der Waals surface area contributed by atoms with Gasteiger partial charge in [0.05, 0.1) is 26.1 Å². The van der Waals surface area contributed by atoms with Crippen LogP contribution < -0.4 is 4.90 Å². The van der Waals surface area contributed by atoms with Gasteiger partial charge in [-0.05, 0) is 30.3 Å². The van der Waals surface area contributed by atoms with Gasteiger partial charge < -0.3 is 0 Å². The Morgan fingerprint density at radius 2 is 1.61 bits per heavy atom. The van der Waals surface area contributed by atoms with E-state index in [0.717, 1.165) is 6.26 Å². The minimum absolute atomic E-state index is 0.0230. The maximum atomic E-state index is 12.7. The normalized spacial score (nSPS) is 15.7. The SMILES string of the molecule is CC(=O)N1c2ccccc2S(=O)(=O)c2ccc(S(C)(=O)=O)cc21. The predicted molar refractivity (Wildman–Crippen MR) is 84.3 cm³/mol. The first-order chi connectivity index (χ1) is 10.6. The highest BCUT2D eigenvalue weighted by Crippen LogP contribution is 2.44. The van der Waals surface area contributed by atoms with Gasteiger partial charge in [-0.3, -0.25) is 9.69 Å². The highest BCUT2D eigenvalue weighted by molar-refractivity contribution is 7.92. The minimum atomic E-state index is -3.82. The van der Waals surface area contributed by atoms with Gasteiger partial charge in [0.2, 0.25) is 15.7 Å². The molecule has 0 bridgehead atoms. The van der Waals surface area contributed by atoms with Gasteiger partial charge in [-0.15, -0.1) is 0 Å². The van der Waals surface area contributed by atoms with E-state index in [1.165, 1.54) is 42.2 Å². The fraction of sp³-hybridized carbons (Fsp3) is 0.133. The molecule has 1 aliphatic rings. The number of rotatable bonds is 1. The molecule has 23 heavy (non-hydrogen) atoms. The second kappa shape index (κ2) is 4.90. The van der Waals surface area contributed by atoms with Crippen LogP contribution in [0.2, 0.25) is 0 Å². The van der Waals surface area contributed by atoms with Crippen molar-refractivity contribution in [2.45, 2.75) is 21.6 Å². The molecule has 1 amide bonds. The Hall–Kier alpha value is -2.19. The van der Waals surface area contributed by atoms with Crippen LogP contribution in [0.5, 0.6) is 0 Å². The summed E-state index contributed by atoms with van der Waals surface area (Å²) in [4.78, 5) is 13.2. The number of hydrogen-bond acceptors (Lipinski definition) is 5. The van der Waals surface area contributed by atoms with E-state index in [1.807, 2.05) is 0 Å². The number of para-hydroxylation sites is 1. The van der Waals surface area contributed by atoms with Crippen LogP contribution >= 0.6 is 0 Å². The lowest BCUT2D eigenvalue weighted by molar-refractivity contribution is -0.115. The van der Waals surface area contributed by atoms with Gasteiger partial charge in [-0.2, -0.15) is 0 Å². The van der Waals surface area contributed by atoms with E-state index < -0.39 is 25.6 Å². The molecular formula is C15H13NO5S2. The Bertz CT molecular complexity index is 1040. The summed E-state index contributed by atoms with van der Waals surface area (Å²) in [5.74, 6) is -0.403. The van der Waals surface area contributed by atoms with Gasteiger partial charge in [0.1, 0.15) is 0 Å². The van der Waals surface area contributed by atoms with Crippen LogP contribution in [0.4, 0.5) is 11.4 Å². The number of hydrogen-bond donors (Lipinski definition) is 0. The number of carbonyl (C=O) groups is 1. The molecule has 0 unspecified atom stereocenters. The summed E-state index contributed by atoms with van der Waals surface area (Å²) in [5.41, 5.74) is 0.275. The topological polar surface area (TPSA) is 88.6 Å². The third kappa shape index (κ3) is 2.34. The van der Waals surface area contributed by atoms with Gasteiger partial charge in [-0.25, -0.2) is 16.8 Å². The van der Waals surface area contributed by atoms with Gasteiger partial charge in [0.15, 0.2) is 9.84 Å². The van der Waals surface area contributed by atoms with Crippen molar-refractivity contribution in [3.63, 3.8) is 0 Å². The van der Waals surface area contributed by atoms with Crippen molar-refractivity contribution in [3.8, 4) is 0 Å². The predicted octanol–water partition coefficient (Wildman–Crippen LogP) is 1.92. The number of sulfone groups is 2. The van der Waals surface area contributed by atoms with E-state index in [2.05, 4.69) is 0 Å². The lowest BCUT2D eigenvalue weighted by Crippen LogP contribution is -2.30. The Balaban J connectivity index is 2.42. The van der Waals surface area contributed by atoms with Crippen molar-refractivity contribution in [1.82, 2.24) is 0 Å². The maximum absolute atomic E-state index is 12.7. The van der Waals surface area contributed by atoms with Crippen molar-refractivity contribution >= 4 is 37.0 Å². The molecule has 6 nitrogen and oxygen atoms in total. The fourth-order valence-corrected chi connectivity index (χ4v) is 4.83. The summed E-state index contributed by atoms with van der Waals surface area (Å²) in [6, 6.07) is 9.82. The van der Waals surface area contributed by atoms with Gasteiger partial charge >= 0.3 is 0 Å². The Kier molecular flexibility index (Phi) is 3.35. The number of anilines is 2. The molecule has 1 aliphatic heterocycles. The lowest BCUT2D eigenvalue weighted by atomic mass is 10.2. The molecule has 2 aromatic rings. The summed E-state index contributed by atoms with van der Waals surface area (Å²) in [6.07, 6.45) is 1.03. The first kappa shape index (κ1) is 15.7. The standard InChI is InChI=1S/C15H13NO5S2/c1-10(17)16-12-5-3-4-6-14(12)23(20,21)15-8-7-11(9-13(15)16)22(2,18)19/h3-9H,1-2H3.